The first-order valence-electron chi connectivity index (χ1n) is 12.7. The van der Waals surface area contributed by atoms with Gasteiger partial charge in [0.15, 0.2) is 0 Å². The fraction of sp³-hybridized carbons (Fsp3) is 0.161. The maximum Gasteiger partial charge on any atom is 0.264 e. The second-order valence-corrected chi connectivity index (χ2v) is 15.2. The summed E-state index contributed by atoms with van der Waals surface area (Å²) in [6.45, 7) is 0. The molecule has 0 fully saturated rings. The maximum absolute atomic E-state index is 12.9. The fourth-order valence-electron chi connectivity index (χ4n) is 5.00. The monoisotopic (exact) mass is 656 g/mol. The van der Waals surface area contributed by atoms with Crippen molar-refractivity contribution in [2.45, 2.75) is 25.4 Å². The standard InChI is InChI=1S/C16H12ClNO2S.C15H14ClNO2S2/c1-3-11-8-9-13-15(10-11)21(19,20)18(2)14-7-5-4-6-12(14)16(13)17;1-17-13-6-4-3-5-11(13)15(16)12-8-7-10(20-2)9-14(12)21(17,18)19/h1,4-10,16H,2H3;3-9,15H,1-2H3. The predicted molar refractivity (Wildman–Crippen MR) is 172 cm³/mol. The molecule has 2 unspecified atom stereocenters. The number of anilines is 2. The number of thioether (sulfide) groups is 1. The first-order valence-corrected chi connectivity index (χ1v) is 17.6. The van der Waals surface area contributed by atoms with E-state index >= 15 is 0 Å². The van der Waals surface area contributed by atoms with Gasteiger partial charge in [0.25, 0.3) is 20.0 Å². The Morgan fingerprint density at radius 2 is 1.14 bits per heavy atom. The molecule has 0 radical (unpaired) electrons. The van der Waals surface area contributed by atoms with E-state index in [1.54, 1.807) is 43.4 Å². The average Bonchev–Trinajstić information content (AvgIpc) is 3.12. The van der Waals surface area contributed by atoms with Crippen molar-refractivity contribution in [3.63, 3.8) is 0 Å². The summed E-state index contributed by atoms with van der Waals surface area (Å²) in [5.74, 6) is 2.46. The Bertz CT molecular complexity index is 1960. The van der Waals surface area contributed by atoms with Gasteiger partial charge in [-0.3, -0.25) is 8.61 Å². The molecule has 2 heterocycles. The summed E-state index contributed by atoms with van der Waals surface area (Å²) < 4.78 is 53.9. The molecule has 0 aromatic heterocycles. The lowest BCUT2D eigenvalue weighted by Gasteiger charge is -2.19. The van der Waals surface area contributed by atoms with Crippen molar-refractivity contribution in [1.82, 2.24) is 0 Å². The molecule has 4 aromatic carbocycles. The number of para-hydroxylation sites is 2. The summed E-state index contributed by atoms with van der Waals surface area (Å²) in [5, 5.41) is -1.02. The molecule has 11 heteroatoms. The van der Waals surface area contributed by atoms with E-state index in [4.69, 9.17) is 29.6 Å². The molecule has 4 aromatic rings. The Labute approximate surface area is 261 Å². The minimum atomic E-state index is -3.68. The molecular formula is C31H26Cl2N2O4S3. The van der Waals surface area contributed by atoms with E-state index in [9.17, 15) is 16.8 Å². The molecule has 6 nitrogen and oxygen atoms in total. The maximum atomic E-state index is 12.9. The molecule has 0 amide bonds. The van der Waals surface area contributed by atoms with E-state index in [0.29, 0.717) is 28.1 Å². The van der Waals surface area contributed by atoms with Crippen LogP contribution in [0.15, 0.2) is 99.6 Å². The van der Waals surface area contributed by atoms with E-state index < -0.39 is 30.8 Å². The first-order chi connectivity index (χ1) is 19.9. The van der Waals surface area contributed by atoms with Crippen molar-refractivity contribution in [3.8, 4) is 12.3 Å². The zero-order chi connectivity index (χ0) is 30.4. The Balaban J connectivity index is 0.000000168. The first kappa shape index (κ1) is 30.3. The average molecular weight is 658 g/mol. The highest BCUT2D eigenvalue weighted by Gasteiger charge is 2.35. The number of alkyl halides is 2. The highest BCUT2D eigenvalue weighted by atomic mass is 35.5. The second-order valence-electron chi connectivity index (χ2n) is 9.59. The van der Waals surface area contributed by atoms with Crippen LogP contribution in [-0.2, 0) is 20.0 Å². The van der Waals surface area contributed by atoms with Crippen molar-refractivity contribution in [1.29, 1.82) is 0 Å². The smallest absolute Gasteiger partial charge is 0.264 e. The zero-order valence-electron chi connectivity index (χ0n) is 22.8. The molecule has 0 bridgehead atoms. The number of hydrogen-bond donors (Lipinski definition) is 0. The highest BCUT2D eigenvalue weighted by molar-refractivity contribution is 7.98. The minimum Gasteiger partial charge on any atom is -0.269 e. The van der Waals surface area contributed by atoms with Gasteiger partial charge in [0.05, 0.1) is 31.9 Å². The van der Waals surface area contributed by atoms with E-state index in [2.05, 4.69) is 5.92 Å². The van der Waals surface area contributed by atoms with Gasteiger partial charge >= 0.3 is 0 Å². The lowest BCUT2D eigenvalue weighted by Crippen LogP contribution is -2.26. The molecule has 216 valence electrons. The van der Waals surface area contributed by atoms with Crippen molar-refractivity contribution in [2.24, 2.45) is 0 Å². The topological polar surface area (TPSA) is 74.8 Å². The fourth-order valence-corrected chi connectivity index (χ4v) is 9.35. The minimum absolute atomic E-state index is 0.164. The molecule has 0 spiro atoms. The summed E-state index contributed by atoms with van der Waals surface area (Å²) in [5.41, 5.74) is 4.47. The third kappa shape index (κ3) is 5.06. The van der Waals surface area contributed by atoms with Gasteiger partial charge in [-0.05, 0) is 64.9 Å². The molecule has 0 saturated heterocycles. The number of rotatable bonds is 1. The number of terminal acetylenes is 1. The van der Waals surface area contributed by atoms with Crippen LogP contribution in [0.5, 0.6) is 0 Å². The Kier molecular flexibility index (Phi) is 8.31. The van der Waals surface area contributed by atoms with Gasteiger partial charge < -0.3 is 0 Å². The zero-order valence-corrected chi connectivity index (χ0v) is 26.8. The molecule has 0 saturated carbocycles. The predicted octanol–water partition coefficient (Wildman–Crippen LogP) is 7.01. The number of nitrogens with zero attached hydrogens (tertiary/aromatic N) is 2. The largest absolute Gasteiger partial charge is 0.269 e. The molecular weight excluding hydrogens is 631 g/mol. The summed E-state index contributed by atoms with van der Waals surface area (Å²) >= 11 is 14.6. The van der Waals surface area contributed by atoms with Gasteiger partial charge in [-0.2, -0.15) is 0 Å². The van der Waals surface area contributed by atoms with Gasteiger partial charge in [0.2, 0.25) is 0 Å². The lowest BCUT2D eigenvalue weighted by molar-refractivity contribution is 0.592. The van der Waals surface area contributed by atoms with E-state index in [1.165, 1.54) is 33.5 Å². The van der Waals surface area contributed by atoms with Gasteiger partial charge in [0, 0.05) is 24.6 Å². The van der Waals surface area contributed by atoms with Gasteiger partial charge in [-0.15, -0.1) is 41.4 Å². The van der Waals surface area contributed by atoms with Crippen molar-refractivity contribution >= 4 is 66.4 Å². The molecule has 0 aliphatic carbocycles. The SMILES string of the molecule is C#Cc1ccc2c(c1)S(=O)(=O)N(C)c1ccccc1C2Cl.CSc1ccc2c(c1)S(=O)(=O)N(C)c1ccccc1C2Cl. The van der Waals surface area contributed by atoms with Gasteiger partial charge in [0.1, 0.15) is 0 Å². The van der Waals surface area contributed by atoms with Crippen LogP contribution in [-0.4, -0.2) is 37.2 Å². The van der Waals surface area contributed by atoms with Crippen molar-refractivity contribution in [2.75, 3.05) is 29.0 Å². The molecule has 6 rings (SSSR count). The van der Waals surface area contributed by atoms with Crippen LogP contribution in [0, 0.1) is 12.3 Å². The Hall–Kier alpha value is -3.13. The van der Waals surface area contributed by atoms with Gasteiger partial charge in [-0.1, -0.05) is 54.5 Å². The summed E-state index contributed by atoms with van der Waals surface area (Å²) in [6.07, 6.45) is 7.29. The van der Waals surface area contributed by atoms with Crippen LogP contribution in [0.3, 0.4) is 0 Å². The Morgan fingerprint density at radius 1 is 0.690 bits per heavy atom. The van der Waals surface area contributed by atoms with E-state index in [1.807, 2.05) is 48.7 Å². The van der Waals surface area contributed by atoms with E-state index in [0.717, 1.165) is 16.0 Å². The van der Waals surface area contributed by atoms with Crippen LogP contribution in [0.2, 0.25) is 0 Å². The van der Waals surface area contributed by atoms with Crippen molar-refractivity contribution < 1.29 is 16.8 Å². The Morgan fingerprint density at radius 3 is 1.62 bits per heavy atom. The van der Waals surface area contributed by atoms with Crippen LogP contribution in [0.25, 0.3) is 0 Å². The molecule has 42 heavy (non-hydrogen) atoms. The lowest BCUT2D eigenvalue weighted by atomic mass is 10.0. The van der Waals surface area contributed by atoms with Crippen LogP contribution in [0.4, 0.5) is 11.4 Å². The molecule has 2 aliphatic rings. The third-order valence-electron chi connectivity index (χ3n) is 7.32. The third-order valence-corrected chi connectivity index (χ3v) is 12.6. The second kappa shape index (κ2) is 11.5. The van der Waals surface area contributed by atoms with Crippen LogP contribution >= 0.6 is 35.0 Å². The summed E-state index contributed by atoms with van der Waals surface area (Å²) in [6, 6.07) is 24.9. The number of benzene rings is 4. The van der Waals surface area contributed by atoms with Gasteiger partial charge in [-0.25, -0.2) is 16.8 Å². The highest BCUT2D eigenvalue weighted by Crippen LogP contribution is 2.45. The van der Waals surface area contributed by atoms with Crippen LogP contribution in [0.1, 0.15) is 38.6 Å². The molecule has 2 atom stereocenters. The number of hydrogen-bond acceptors (Lipinski definition) is 5. The number of halogens is 2. The molecule has 2 aliphatic heterocycles. The number of fused-ring (bicyclic) bond motifs is 4. The van der Waals surface area contributed by atoms with Crippen LogP contribution < -0.4 is 8.61 Å². The normalized spacial score (nSPS) is 19.3. The van der Waals surface area contributed by atoms with Crippen molar-refractivity contribution in [3.05, 3.63) is 113 Å². The summed E-state index contributed by atoms with van der Waals surface area (Å²) in [7, 11) is -4.19. The summed E-state index contributed by atoms with van der Waals surface area (Å²) in [4.78, 5) is 1.35. The molecule has 0 N–H and O–H groups in total. The van der Waals surface area contributed by atoms with E-state index in [-0.39, 0.29) is 9.79 Å². The quantitative estimate of drug-likeness (QED) is 0.125. The number of sulfonamides is 2.